The predicted molar refractivity (Wildman–Crippen MR) is 95.8 cm³/mol. The molecule has 0 aromatic heterocycles. The molecular weight excluding hydrogens is 312 g/mol. The normalized spacial score (nSPS) is 57.7. The van der Waals surface area contributed by atoms with E-state index in [1.165, 1.54) is 38.5 Å². The Labute approximate surface area is 151 Å². The van der Waals surface area contributed by atoms with Crippen molar-refractivity contribution in [3.8, 4) is 0 Å². The van der Waals surface area contributed by atoms with Crippen LogP contribution < -0.4 is 0 Å². The maximum atomic E-state index is 11.9. The van der Waals surface area contributed by atoms with Gasteiger partial charge >= 0.3 is 5.97 Å². The molecule has 8 atom stereocenters. The van der Waals surface area contributed by atoms with Gasteiger partial charge in [0.15, 0.2) is 0 Å². The van der Waals surface area contributed by atoms with Gasteiger partial charge in [-0.15, -0.1) is 0 Å². The van der Waals surface area contributed by atoms with Crippen molar-refractivity contribution in [1.29, 1.82) is 0 Å². The first-order chi connectivity index (χ1) is 11.9. The van der Waals surface area contributed by atoms with E-state index in [4.69, 9.17) is 4.74 Å². The molecule has 1 saturated heterocycles. The second-order valence-electron chi connectivity index (χ2n) is 10.5. The van der Waals surface area contributed by atoms with E-state index in [-0.39, 0.29) is 23.1 Å². The number of carbonyl (C=O) groups is 1. The van der Waals surface area contributed by atoms with E-state index in [0.29, 0.717) is 11.8 Å². The molecule has 0 radical (unpaired) electrons. The standard InChI is InChI=1S/C22H34O3/c1-20-9-5-15(23)13-14(20)3-4-16-17(20)6-10-21(2)18(16)7-11-22(21)12-8-19(24)25-22/h14-18,23H,3-13H2,1-2H3/t14-,15+,16-,17+,18+,20+,21+,22-/m1/s1. The zero-order chi connectivity index (χ0) is 17.4. The van der Waals surface area contributed by atoms with Crippen LogP contribution in [0.25, 0.3) is 0 Å². The van der Waals surface area contributed by atoms with Crippen LogP contribution in [0.15, 0.2) is 0 Å². The minimum atomic E-state index is -0.139. The molecule has 3 heteroatoms. The lowest BCUT2D eigenvalue weighted by atomic mass is 9.44. The average molecular weight is 347 g/mol. The van der Waals surface area contributed by atoms with Crippen molar-refractivity contribution in [2.75, 3.05) is 0 Å². The Hall–Kier alpha value is -0.570. The van der Waals surface area contributed by atoms with Crippen LogP contribution in [0.2, 0.25) is 0 Å². The van der Waals surface area contributed by atoms with E-state index in [1.54, 1.807) is 0 Å². The summed E-state index contributed by atoms with van der Waals surface area (Å²) in [5.41, 5.74) is 0.503. The maximum Gasteiger partial charge on any atom is 0.306 e. The second kappa shape index (κ2) is 5.24. The molecule has 5 fully saturated rings. The summed E-state index contributed by atoms with van der Waals surface area (Å²) in [5, 5.41) is 10.2. The lowest BCUT2D eigenvalue weighted by Crippen LogP contribution is -2.56. The molecule has 5 rings (SSSR count). The van der Waals surface area contributed by atoms with Gasteiger partial charge in [0.05, 0.1) is 6.10 Å². The third-order valence-corrected chi connectivity index (χ3v) is 9.97. The molecule has 3 nitrogen and oxygen atoms in total. The van der Waals surface area contributed by atoms with Gasteiger partial charge in [-0.3, -0.25) is 4.79 Å². The molecule has 0 aromatic carbocycles. The maximum absolute atomic E-state index is 11.9. The predicted octanol–water partition coefficient (Wildman–Crippen LogP) is 4.47. The summed E-state index contributed by atoms with van der Waals surface area (Å²) in [6.45, 7) is 5.00. The quantitative estimate of drug-likeness (QED) is 0.659. The van der Waals surface area contributed by atoms with Crippen molar-refractivity contribution in [3.63, 3.8) is 0 Å². The summed E-state index contributed by atoms with van der Waals surface area (Å²) in [6, 6.07) is 0. The van der Waals surface area contributed by atoms with Gasteiger partial charge < -0.3 is 9.84 Å². The zero-order valence-electron chi connectivity index (χ0n) is 15.9. The lowest BCUT2D eigenvalue weighted by molar-refractivity contribution is -0.176. The number of ether oxygens (including phenoxy) is 1. The average Bonchev–Trinajstić information content (AvgIpc) is 3.10. The summed E-state index contributed by atoms with van der Waals surface area (Å²) in [5.74, 6) is 3.14. The molecule has 4 aliphatic carbocycles. The van der Waals surface area contributed by atoms with E-state index >= 15 is 0 Å². The molecule has 0 unspecified atom stereocenters. The van der Waals surface area contributed by atoms with Gasteiger partial charge in [0.2, 0.25) is 0 Å². The Balaban J connectivity index is 1.45. The fourth-order valence-electron chi connectivity index (χ4n) is 8.53. The van der Waals surface area contributed by atoms with Gasteiger partial charge in [0.1, 0.15) is 5.60 Å². The smallest absolute Gasteiger partial charge is 0.306 e. The summed E-state index contributed by atoms with van der Waals surface area (Å²) in [6.07, 6.45) is 12.3. The Kier molecular flexibility index (Phi) is 3.48. The van der Waals surface area contributed by atoms with Crippen molar-refractivity contribution in [2.45, 2.75) is 96.2 Å². The highest BCUT2D eigenvalue weighted by Gasteiger charge is 2.67. The molecule has 25 heavy (non-hydrogen) atoms. The van der Waals surface area contributed by atoms with Crippen LogP contribution >= 0.6 is 0 Å². The van der Waals surface area contributed by atoms with Crippen molar-refractivity contribution < 1.29 is 14.6 Å². The topological polar surface area (TPSA) is 46.5 Å². The minimum Gasteiger partial charge on any atom is -0.458 e. The largest absolute Gasteiger partial charge is 0.458 e. The highest BCUT2D eigenvalue weighted by molar-refractivity contribution is 5.72. The summed E-state index contributed by atoms with van der Waals surface area (Å²) in [4.78, 5) is 11.9. The van der Waals surface area contributed by atoms with Crippen LogP contribution in [0.4, 0.5) is 0 Å². The number of fused-ring (bicyclic) bond motifs is 6. The number of rotatable bonds is 0. The summed E-state index contributed by atoms with van der Waals surface area (Å²) >= 11 is 0. The minimum absolute atomic E-state index is 0.0425. The zero-order valence-corrected chi connectivity index (χ0v) is 15.9. The van der Waals surface area contributed by atoms with E-state index < -0.39 is 0 Å². The van der Waals surface area contributed by atoms with Gasteiger partial charge in [-0.1, -0.05) is 13.8 Å². The monoisotopic (exact) mass is 346 g/mol. The van der Waals surface area contributed by atoms with Crippen LogP contribution in [0, 0.1) is 34.5 Å². The van der Waals surface area contributed by atoms with Crippen molar-refractivity contribution in [2.24, 2.45) is 34.5 Å². The van der Waals surface area contributed by atoms with Gasteiger partial charge in [-0.25, -0.2) is 0 Å². The summed E-state index contributed by atoms with van der Waals surface area (Å²) in [7, 11) is 0. The van der Waals surface area contributed by atoms with Gasteiger partial charge in [0, 0.05) is 11.8 Å². The Bertz CT molecular complexity index is 588. The van der Waals surface area contributed by atoms with E-state index in [1.807, 2.05) is 0 Å². The molecule has 1 N–H and O–H groups in total. The first-order valence-corrected chi connectivity index (χ1v) is 10.8. The molecule has 0 aromatic rings. The molecule has 0 amide bonds. The van der Waals surface area contributed by atoms with E-state index in [0.717, 1.165) is 49.4 Å². The van der Waals surface area contributed by atoms with Crippen LogP contribution in [-0.4, -0.2) is 22.8 Å². The molecule has 1 heterocycles. The molecule has 140 valence electrons. The fourth-order valence-corrected chi connectivity index (χ4v) is 8.53. The first-order valence-electron chi connectivity index (χ1n) is 10.8. The van der Waals surface area contributed by atoms with E-state index in [9.17, 15) is 9.90 Å². The third-order valence-electron chi connectivity index (χ3n) is 9.97. The van der Waals surface area contributed by atoms with Crippen LogP contribution in [0.5, 0.6) is 0 Å². The van der Waals surface area contributed by atoms with Crippen LogP contribution in [0.3, 0.4) is 0 Å². The van der Waals surface area contributed by atoms with Crippen molar-refractivity contribution in [3.05, 3.63) is 0 Å². The third kappa shape index (κ3) is 2.05. The van der Waals surface area contributed by atoms with Crippen LogP contribution in [-0.2, 0) is 9.53 Å². The molecular formula is C22H34O3. The molecule has 4 saturated carbocycles. The summed E-state index contributed by atoms with van der Waals surface area (Å²) < 4.78 is 6.04. The highest BCUT2D eigenvalue weighted by Crippen LogP contribution is 2.70. The molecule has 1 spiro atoms. The van der Waals surface area contributed by atoms with Crippen LogP contribution in [0.1, 0.15) is 84.5 Å². The van der Waals surface area contributed by atoms with Crippen molar-refractivity contribution in [1.82, 2.24) is 0 Å². The molecule has 1 aliphatic heterocycles. The SMILES string of the molecule is C[C@]12CC[C@H](O)C[C@H]1CC[C@@H]1[C@@H]2CC[C@@]2(C)[C@H]1CC[C@@]21CCC(=O)O1. The number of hydrogen-bond donors (Lipinski definition) is 1. The Morgan fingerprint density at radius 1 is 0.960 bits per heavy atom. The Morgan fingerprint density at radius 3 is 2.52 bits per heavy atom. The number of aliphatic hydroxyl groups is 1. The van der Waals surface area contributed by atoms with Gasteiger partial charge in [-0.2, -0.15) is 0 Å². The number of carbonyl (C=O) groups excluding carboxylic acids is 1. The van der Waals surface area contributed by atoms with E-state index in [2.05, 4.69) is 13.8 Å². The highest BCUT2D eigenvalue weighted by atomic mass is 16.6. The first kappa shape index (κ1) is 16.6. The molecule has 0 bridgehead atoms. The van der Waals surface area contributed by atoms with Gasteiger partial charge in [-0.05, 0) is 93.3 Å². The second-order valence-corrected chi connectivity index (χ2v) is 10.5. The number of hydrogen-bond acceptors (Lipinski definition) is 3. The van der Waals surface area contributed by atoms with Crippen molar-refractivity contribution >= 4 is 5.97 Å². The molecule has 5 aliphatic rings. The van der Waals surface area contributed by atoms with Gasteiger partial charge in [0.25, 0.3) is 0 Å². The Morgan fingerprint density at radius 2 is 1.76 bits per heavy atom. The number of esters is 1. The fraction of sp³-hybridized carbons (Fsp3) is 0.955. The lowest BCUT2D eigenvalue weighted by Gasteiger charge is -2.61. The number of aliphatic hydroxyl groups excluding tert-OH is 1.